The van der Waals surface area contributed by atoms with Crippen LogP contribution in [0.5, 0.6) is 11.5 Å². The third kappa shape index (κ3) is 7.74. The Hall–Kier alpha value is -3.99. The molecule has 0 radical (unpaired) electrons. The van der Waals surface area contributed by atoms with Gasteiger partial charge in [0.15, 0.2) is 0 Å². The maximum Gasteiger partial charge on any atom is 0.466 e. The zero-order valence-electron chi connectivity index (χ0n) is 20.2. The molecule has 6 heteroatoms. The number of ether oxygens (including phenoxy) is 1. The molecule has 3 N–H and O–H groups in total. The molecule has 37 heavy (non-hydrogen) atoms. The van der Waals surface area contributed by atoms with Crippen LogP contribution in [-0.4, -0.2) is 14.7 Å². The summed E-state index contributed by atoms with van der Waals surface area (Å²) < 4.78 is 15.2. The maximum absolute atomic E-state index is 8.88. The quantitative estimate of drug-likeness (QED) is 0.210. The molecule has 0 spiro atoms. The van der Waals surface area contributed by atoms with Gasteiger partial charge in [-0.15, -0.1) is 0 Å². The average molecular weight is 511 g/mol. The van der Waals surface area contributed by atoms with Gasteiger partial charge in [-0.1, -0.05) is 109 Å². The van der Waals surface area contributed by atoms with Crippen molar-refractivity contribution in [2.24, 2.45) is 0 Å². The van der Waals surface area contributed by atoms with Gasteiger partial charge in [0.2, 0.25) is 0 Å². The van der Waals surface area contributed by atoms with E-state index in [4.69, 9.17) is 24.0 Å². The van der Waals surface area contributed by atoms with Crippen molar-refractivity contribution in [2.45, 2.75) is 6.92 Å². The average Bonchev–Trinajstić information content (AvgIpc) is 2.90. The van der Waals surface area contributed by atoms with Crippen molar-refractivity contribution in [2.75, 3.05) is 0 Å². The molecule has 5 rings (SSSR count). The smallest absolute Gasteiger partial charge is 0.457 e. The lowest BCUT2D eigenvalue weighted by Crippen LogP contribution is -1.90. The number of rotatable bonds is 5. The summed E-state index contributed by atoms with van der Waals surface area (Å²) >= 11 is 0. The van der Waals surface area contributed by atoms with Crippen LogP contribution in [0.1, 0.15) is 5.56 Å². The Bertz CT molecular complexity index is 1470. The van der Waals surface area contributed by atoms with Gasteiger partial charge in [0, 0.05) is 5.56 Å². The van der Waals surface area contributed by atoms with E-state index in [9.17, 15) is 0 Å². The molecule has 0 aromatic heterocycles. The van der Waals surface area contributed by atoms with Crippen molar-refractivity contribution in [3.63, 3.8) is 0 Å². The van der Waals surface area contributed by atoms with E-state index >= 15 is 0 Å². The van der Waals surface area contributed by atoms with Gasteiger partial charge in [0.05, 0.1) is 0 Å². The molecule has 0 bridgehead atoms. The van der Waals surface area contributed by atoms with Gasteiger partial charge in [0.1, 0.15) is 11.5 Å². The molecule has 0 aliphatic heterocycles. The second-order valence-corrected chi connectivity index (χ2v) is 9.48. The summed E-state index contributed by atoms with van der Waals surface area (Å²) in [5, 5.41) is 0. The van der Waals surface area contributed by atoms with Crippen LogP contribution in [-0.2, 0) is 4.57 Å². The van der Waals surface area contributed by atoms with Gasteiger partial charge in [-0.05, 0) is 59.0 Å². The van der Waals surface area contributed by atoms with Crippen LogP contribution in [0.3, 0.4) is 0 Å². The molecule has 0 atom stereocenters. The summed E-state index contributed by atoms with van der Waals surface area (Å²) in [6.07, 6.45) is 0. The van der Waals surface area contributed by atoms with Crippen LogP contribution in [0.15, 0.2) is 127 Å². The van der Waals surface area contributed by atoms with Crippen molar-refractivity contribution >= 4 is 7.82 Å². The SMILES string of the molecule is Cc1ccc(Oc2ccc(-c3ccccc3)cc2)c(-c2ccc(-c3ccccc3)cc2)c1.O=P(O)(O)O. The molecule has 0 aliphatic carbocycles. The van der Waals surface area contributed by atoms with Crippen LogP contribution in [0.2, 0.25) is 0 Å². The third-order valence-electron chi connectivity index (χ3n) is 5.63. The van der Waals surface area contributed by atoms with Gasteiger partial charge in [-0.3, -0.25) is 0 Å². The highest BCUT2D eigenvalue weighted by Crippen LogP contribution is 2.36. The molecule has 5 aromatic carbocycles. The van der Waals surface area contributed by atoms with Crippen molar-refractivity contribution in [1.29, 1.82) is 0 Å². The molecule has 0 aliphatic rings. The van der Waals surface area contributed by atoms with E-state index < -0.39 is 7.82 Å². The van der Waals surface area contributed by atoms with Crippen molar-refractivity contribution in [1.82, 2.24) is 0 Å². The molecule has 0 amide bonds. The van der Waals surface area contributed by atoms with Crippen LogP contribution in [0.4, 0.5) is 0 Å². The van der Waals surface area contributed by atoms with Crippen LogP contribution in [0, 0.1) is 6.92 Å². The molecular formula is C31H27O5P. The van der Waals surface area contributed by atoms with Crippen LogP contribution < -0.4 is 4.74 Å². The fraction of sp³-hybridized carbons (Fsp3) is 0.0323. The van der Waals surface area contributed by atoms with E-state index in [0.717, 1.165) is 22.6 Å². The predicted octanol–water partition coefficient (Wildman–Crippen LogP) is 7.86. The molecule has 0 fully saturated rings. The van der Waals surface area contributed by atoms with E-state index in [1.807, 2.05) is 24.3 Å². The first-order valence-electron chi connectivity index (χ1n) is 11.6. The van der Waals surface area contributed by atoms with Crippen molar-refractivity contribution in [3.8, 4) is 44.9 Å². The fourth-order valence-corrected chi connectivity index (χ4v) is 3.90. The van der Waals surface area contributed by atoms with E-state index in [-0.39, 0.29) is 0 Å². The van der Waals surface area contributed by atoms with Gasteiger partial charge < -0.3 is 19.4 Å². The second-order valence-electron chi connectivity index (χ2n) is 8.45. The Morgan fingerprint density at radius 2 is 0.946 bits per heavy atom. The Morgan fingerprint density at radius 1 is 0.541 bits per heavy atom. The number of aryl methyl sites for hydroxylation is 1. The van der Waals surface area contributed by atoms with Crippen molar-refractivity contribution < 1.29 is 24.0 Å². The lowest BCUT2D eigenvalue weighted by molar-refractivity contribution is 0.275. The van der Waals surface area contributed by atoms with Crippen molar-refractivity contribution in [3.05, 3.63) is 133 Å². The molecule has 186 valence electrons. The minimum Gasteiger partial charge on any atom is -0.457 e. The fourth-order valence-electron chi connectivity index (χ4n) is 3.90. The summed E-state index contributed by atoms with van der Waals surface area (Å²) in [6.45, 7) is 2.11. The second kappa shape index (κ2) is 11.8. The number of phosphoric acid groups is 1. The minimum absolute atomic E-state index is 0.829. The molecule has 0 heterocycles. The van der Waals surface area contributed by atoms with Crippen LogP contribution in [0.25, 0.3) is 33.4 Å². The predicted molar refractivity (Wildman–Crippen MR) is 148 cm³/mol. The van der Waals surface area contributed by atoms with Crippen LogP contribution >= 0.6 is 7.82 Å². The maximum atomic E-state index is 8.88. The third-order valence-corrected chi connectivity index (χ3v) is 5.63. The summed E-state index contributed by atoms with van der Waals surface area (Å²) in [6, 6.07) is 44.1. The van der Waals surface area contributed by atoms with E-state index in [0.29, 0.717) is 0 Å². The zero-order valence-corrected chi connectivity index (χ0v) is 21.1. The minimum atomic E-state index is -4.64. The summed E-state index contributed by atoms with van der Waals surface area (Å²) in [5.41, 5.74) is 8.26. The molecule has 5 nitrogen and oxygen atoms in total. The topological polar surface area (TPSA) is 87.0 Å². The highest BCUT2D eigenvalue weighted by molar-refractivity contribution is 7.45. The van der Waals surface area contributed by atoms with Gasteiger partial charge >= 0.3 is 7.82 Å². The monoisotopic (exact) mass is 510 g/mol. The summed E-state index contributed by atoms with van der Waals surface area (Å²) in [4.78, 5) is 21.6. The number of hydrogen-bond donors (Lipinski definition) is 3. The Kier molecular flexibility index (Phi) is 8.34. The molecule has 0 unspecified atom stereocenters. The lowest BCUT2D eigenvalue weighted by atomic mass is 9.98. The standard InChI is InChI=1S/C31H24O.H3O4P/c1-23-12-21-31(32-29-19-17-27(18-20-29)25-10-6-3-7-11-25)30(22-23)28-15-13-26(14-16-28)24-8-4-2-5-9-24;1-5(2,3)4/h2-22H,1H3;(H3,1,2,3,4). The highest BCUT2D eigenvalue weighted by Gasteiger charge is 2.09. The zero-order chi connectivity index (χ0) is 26.3. The number of hydrogen-bond acceptors (Lipinski definition) is 2. The molecule has 0 saturated carbocycles. The first kappa shape index (κ1) is 26.1. The van der Waals surface area contributed by atoms with E-state index in [1.54, 1.807) is 0 Å². The summed E-state index contributed by atoms with van der Waals surface area (Å²) in [7, 11) is -4.64. The van der Waals surface area contributed by atoms with E-state index in [2.05, 4.69) is 110 Å². The lowest BCUT2D eigenvalue weighted by Gasteiger charge is -2.13. The molecular weight excluding hydrogens is 483 g/mol. The highest BCUT2D eigenvalue weighted by atomic mass is 31.2. The normalized spacial score (nSPS) is 10.8. The molecule has 0 saturated heterocycles. The molecule has 5 aromatic rings. The Balaban J connectivity index is 0.000000586. The number of benzene rings is 5. The first-order chi connectivity index (χ1) is 17.8. The van der Waals surface area contributed by atoms with Gasteiger partial charge in [0.25, 0.3) is 0 Å². The van der Waals surface area contributed by atoms with Gasteiger partial charge in [-0.25, -0.2) is 4.57 Å². The first-order valence-corrected chi connectivity index (χ1v) is 13.2. The Labute approximate surface area is 216 Å². The largest absolute Gasteiger partial charge is 0.466 e. The summed E-state index contributed by atoms with van der Waals surface area (Å²) in [5.74, 6) is 1.69. The van der Waals surface area contributed by atoms with Gasteiger partial charge in [-0.2, -0.15) is 0 Å². The van der Waals surface area contributed by atoms with E-state index in [1.165, 1.54) is 27.8 Å². The Morgan fingerprint density at radius 3 is 1.43 bits per heavy atom.